The fourth-order valence-electron chi connectivity index (χ4n) is 1.41. The Balaban J connectivity index is 2.53. The minimum Gasteiger partial charge on any atom is -0.364 e. The van der Waals surface area contributed by atoms with Gasteiger partial charge in [0.05, 0.1) is 4.92 Å². The van der Waals surface area contributed by atoms with Gasteiger partial charge in [-0.25, -0.2) is 4.98 Å². The van der Waals surface area contributed by atoms with Gasteiger partial charge in [0.2, 0.25) is 11.1 Å². The molecule has 0 spiro atoms. The molecule has 0 fully saturated rings. The molecule has 0 aliphatic carbocycles. The lowest BCUT2D eigenvalue weighted by Gasteiger charge is -2.20. The Kier molecular flexibility index (Phi) is 5.91. The van der Waals surface area contributed by atoms with Crippen LogP contribution in [-0.4, -0.2) is 46.0 Å². The van der Waals surface area contributed by atoms with E-state index < -0.39 is 4.92 Å². The molecular formula is C11H18ClN5O2. The van der Waals surface area contributed by atoms with Gasteiger partial charge in [-0.05, 0) is 45.5 Å². The molecule has 7 nitrogen and oxygen atoms in total. The highest BCUT2D eigenvalue weighted by Crippen LogP contribution is 2.21. The molecule has 0 atom stereocenters. The quantitative estimate of drug-likeness (QED) is 0.358. The van der Waals surface area contributed by atoms with Crippen LogP contribution >= 0.6 is 11.6 Å². The van der Waals surface area contributed by atoms with Crippen molar-refractivity contribution in [2.45, 2.75) is 26.3 Å². The predicted octanol–water partition coefficient (Wildman–Crippen LogP) is 2.18. The first-order valence-corrected chi connectivity index (χ1v) is 6.40. The van der Waals surface area contributed by atoms with Crippen LogP contribution in [0.1, 0.15) is 20.3 Å². The number of halogens is 1. The summed E-state index contributed by atoms with van der Waals surface area (Å²) in [6, 6.07) is 0.475. The second-order valence-electron chi connectivity index (χ2n) is 4.48. The lowest BCUT2D eigenvalue weighted by molar-refractivity contribution is -0.384. The van der Waals surface area contributed by atoms with Crippen LogP contribution < -0.4 is 5.32 Å². The van der Waals surface area contributed by atoms with E-state index in [0.29, 0.717) is 12.6 Å². The van der Waals surface area contributed by atoms with Crippen LogP contribution in [-0.2, 0) is 0 Å². The Morgan fingerprint density at radius 3 is 2.84 bits per heavy atom. The zero-order valence-electron chi connectivity index (χ0n) is 11.3. The molecule has 0 aliphatic rings. The number of rotatable bonds is 7. The van der Waals surface area contributed by atoms with Crippen LogP contribution in [0.15, 0.2) is 6.20 Å². The minimum atomic E-state index is -0.529. The molecule has 0 saturated heterocycles. The van der Waals surface area contributed by atoms with Crippen molar-refractivity contribution in [3.8, 4) is 0 Å². The molecule has 0 unspecified atom stereocenters. The van der Waals surface area contributed by atoms with E-state index >= 15 is 0 Å². The average Bonchev–Trinajstić information content (AvgIpc) is 2.33. The van der Waals surface area contributed by atoms with E-state index in [4.69, 9.17) is 11.6 Å². The monoisotopic (exact) mass is 287 g/mol. The largest absolute Gasteiger partial charge is 0.364 e. The topological polar surface area (TPSA) is 84.2 Å². The van der Waals surface area contributed by atoms with E-state index in [2.05, 4.69) is 34.0 Å². The third-order valence-corrected chi connectivity index (χ3v) is 2.98. The molecular weight excluding hydrogens is 270 g/mol. The molecule has 1 aromatic heterocycles. The van der Waals surface area contributed by atoms with E-state index in [1.165, 1.54) is 0 Å². The second-order valence-corrected chi connectivity index (χ2v) is 4.82. The SMILES string of the molecule is CC(C)N(C)CCCNc1nc(Cl)ncc1[N+](=O)[O-]. The Labute approximate surface area is 117 Å². The van der Waals surface area contributed by atoms with Crippen LogP contribution in [0.3, 0.4) is 0 Å². The van der Waals surface area contributed by atoms with E-state index in [0.717, 1.165) is 19.2 Å². The maximum absolute atomic E-state index is 10.8. The Morgan fingerprint density at radius 2 is 2.26 bits per heavy atom. The minimum absolute atomic E-state index is 0.00704. The highest BCUT2D eigenvalue weighted by molar-refractivity contribution is 6.28. The van der Waals surface area contributed by atoms with Crippen molar-refractivity contribution in [1.29, 1.82) is 0 Å². The summed E-state index contributed by atoms with van der Waals surface area (Å²) < 4.78 is 0. The van der Waals surface area contributed by atoms with Gasteiger partial charge in [-0.15, -0.1) is 0 Å². The molecule has 0 bridgehead atoms. The molecule has 1 heterocycles. The smallest absolute Gasteiger partial charge is 0.329 e. The molecule has 8 heteroatoms. The van der Waals surface area contributed by atoms with Crippen molar-refractivity contribution < 1.29 is 4.92 Å². The van der Waals surface area contributed by atoms with Crippen molar-refractivity contribution in [2.24, 2.45) is 0 Å². The molecule has 106 valence electrons. The van der Waals surface area contributed by atoms with Crippen molar-refractivity contribution in [3.05, 3.63) is 21.6 Å². The lowest BCUT2D eigenvalue weighted by Crippen LogP contribution is -2.28. The molecule has 0 saturated carbocycles. The predicted molar refractivity (Wildman–Crippen MR) is 74.6 cm³/mol. The molecule has 19 heavy (non-hydrogen) atoms. The highest BCUT2D eigenvalue weighted by atomic mass is 35.5. The fourth-order valence-corrected chi connectivity index (χ4v) is 1.54. The summed E-state index contributed by atoms with van der Waals surface area (Å²) in [5.41, 5.74) is -0.165. The fraction of sp³-hybridized carbons (Fsp3) is 0.636. The average molecular weight is 288 g/mol. The number of anilines is 1. The first kappa shape index (κ1) is 15.6. The summed E-state index contributed by atoms with van der Waals surface area (Å²) in [4.78, 5) is 19.9. The summed E-state index contributed by atoms with van der Waals surface area (Å²) in [5.74, 6) is 0.164. The van der Waals surface area contributed by atoms with Crippen molar-refractivity contribution in [1.82, 2.24) is 14.9 Å². The van der Waals surface area contributed by atoms with Crippen molar-refractivity contribution in [3.63, 3.8) is 0 Å². The molecule has 0 aromatic carbocycles. The van der Waals surface area contributed by atoms with Crippen LogP contribution in [0.2, 0.25) is 5.28 Å². The standard InChI is InChI=1S/C11H18ClN5O2/c1-8(2)16(3)6-4-5-13-10-9(17(18)19)7-14-11(12)15-10/h7-8H,4-6H2,1-3H3,(H,13,14,15). The van der Waals surface area contributed by atoms with E-state index in [9.17, 15) is 10.1 Å². The van der Waals surface area contributed by atoms with Gasteiger partial charge in [0.15, 0.2) is 0 Å². The molecule has 0 aliphatic heterocycles. The van der Waals surface area contributed by atoms with Crippen molar-refractivity contribution >= 4 is 23.1 Å². The third-order valence-electron chi connectivity index (χ3n) is 2.80. The number of hydrogen-bond acceptors (Lipinski definition) is 6. The van der Waals surface area contributed by atoms with Gasteiger partial charge < -0.3 is 10.2 Å². The zero-order chi connectivity index (χ0) is 14.4. The Bertz CT molecular complexity index is 441. The van der Waals surface area contributed by atoms with Crippen LogP contribution in [0.25, 0.3) is 0 Å². The summed E-state index contributed by atoms with van der Waals surface area (Å²) in [6.45, 7) is 5.72. The van der Waals surface area contributed by atoms with Gasteiger partial charge in [-0.3, -0.25) is 10.1 Å². The Morgan fingerprint density at radius 1 is 1.58 bits per heavy atom. The molecule has 1 aromatic rings. The molecule has 1 N–H and O–H groups in total. The Hall–Kier alpha value is -1.47. The van der Waals surface area contributed by atoms with E-state index in [1.54, 1.807) is 0 Å². The first-order valence-electron chi connectivity index (χ1n) is 6.03. The van der Waals surface area contributed by atoms with Gasteiger partial charge in [0.25, 0.3) is 0 Å². The number of nitro groups is 1. The lowest BCUT2D eigenvalue weighted by atomic mass is 10.3. The van der Waals surface area contributed by atoms with Gasteiger partial charge in [0.1, 0.15) is 6.20 Å². The summed E-state index contributed by atoms with van der Waals surface area (Å²) in [5, 5.41) is 13.7. The number of aromatic nitrogens is 2. The van der Waals surface area contributed by atoms with Gasteiger partial charge >= 0.3 is 5.69 Å². The summed E-state index contributed by atoms with van der Waals surface area (Å²) >= 11 is 5.63. The van der Waals surface area contributed by atoms with Gasteiger partial charge in [-0.1, -0.05) is 0 Å². The zero-order valence-corrected chi connectivity index (χ0v) is 12.0. The van der Waals surface area contributed by atoms with Crippen LogP contribution in [0, 0.1) is 10.1 Å². The van der Waals surface area contributed by atoms with E-state index in [-0.39, 0.29) is 16.8 Å². The first-order chi connectivity index (χ1) is 8.91. The highest BCUT2D eigenvalue weighted by Gasteiger charge is 2.16. The number of nitrogens with one attached hydrogen (secondary N) is 1. The van der Waals surface area contributed by atoms with Crippen molar-refractivity contribution in [2.75, 3.05) is 25.5 Å². The maximum Gasteiger partial charge on any atom is 0.329 e. The second kappa shape index (κ2) is 7.20. The third kappa shape index (κ3) is 4.96. The number of hydrogen-bond donors (Lipinski definition) is 1. The summed E-state index contributed by atoms with van der Waals surface area (Å²) in [7, 11) is 2.04. The maximum atomic E-state index is 10.8. The normalized spacial score (nSPS) is 11.1. The number of nitrogens with zero attached hydrogens (tertiary/aromatic N) is 4. The van der Waals surface area contributed by atoms with Crippen LogP contribution in [0.5, 0.6) is 0 Å². The molecule has 0 amide bonds. The summed E-state index contributed by atoms with van der Waals surface area (Å²) in [6.07, 6.45) is 1.96. The van der Waals surface area contributed by atoms with E-state index in [1.807, 2.05) is 7.05 Å². The molecule has 1 rings (SSSR count). The molecule has 0 radical (unpaired) electrons. The van der Waals surface area contributed by atoms with Gasteiger partial charge in [-0.2, -0.15) is 4.98 Å². The van der Waals surface area contributed by atoms with Gasteiger partial charge in [0, 0.05) is 12.6 Å². The van der Waals surface area contributed by atoms with Crippen LogP contribution in [0.4, 0.5) is 11.5 Å².